The molecule has 0 spiro atoms. The third-order valence-electron chi connectivity index (χ3n) is 5.30. The largest absolute Gasteiger partial charge is 0.465 e. The SMILES string of the molecule is CCC(Sc1nc(-c2ccccc2)c(-c2ccccc2)[nH]1)C(=O)Nc1ccccc1C(=O)OC. The maximum atomic E-state index is 13.1. The van der Waals surface area contributed by atoms with Crippen LogP contribution in [-0.2, 0) is 9.53 Å². The summed E-state index contributed by atoms with van der Waals surface area (Å²) >= 11 is 1.37. The van der Waals surface area contributed by atoms with Crippen molar-refractivity contribution >= 4 is 29.3 Å². The number of para-hydroxylation sites is 1. The summed E-state index contributed by atoms with van der Waals surface area (Å²) in [6.07, 6.45) is 0.582. The van der Waals surface area contributed by atoms with E-state index in [9.17, 15) is 9.59 Å². The summed E-state index contributed by atoms with van der Waals surface area (Å²) in [5.74, 6) is -0.703. The molecule has 2 N–H and O–H groups in total. The van der Waals surface area contributed by atoms with E-state index in [0.29, 0.717) is 22.8 Å². The van der Waals surface area contributed by atoms with Gasteiger partial charge in [0.2, 0.25) is 5.91 Å². The van der Waals surface area contributed by atoms with E-state index < -0.39 is 11.2 Å². The van der Waals surface area contributed by atoms with Gasteiger partial charge in [-0.2, -0.15) is 0 Å². The number of methoxy groups -OCH3 is 1. The van der Waals surface area contributed by atoms with E-state index in [0.717, 1.165) is 22.5 Å². The Labute approximate surface area is 202 Å². The molecule has 0 aliphatic rings. The predicted molar refractivity (Wildman–Crippen MR) is 136 cm³/mol. The van der Waals surface area contributed by atoms with Crippen molar-refractivity contribution < 1.29 is 14.3 Å². The van der Waals surface area contributed by atoms with Crippen LogP contribution in [-0.4, -0.2) is 34.2 Å². The second kappa shape index (κ2) is 10.9. The summed E-state index contributed by atoms with van der Waals surface area (Å²) in [5.41, 5.74) is 4.49. The van der Waals surface area contributed by atoms with Crippen molar-refractivity contribution in [2.75, 3.05) is 12.4 Å². The molecule has 4 aromatic rings. The number of hydrogen-bond donors (Lipinski definition) is 2. The van der Waals surface area contributed by atoms with Gasteiger partial charge in [-0.15, -0.1) is 0 Å². The summed E-state index contributed by atoms with van der Waals surface area (Å²) in [7, 11) is 1.32. The van der Waals surface area contributed by atoms with Crippen molar-refractivity contribution in [1.29, 1.82) is 0 Å². The van der Waals surface area contributed by atoms with Gasteiger partial charge in [-0.1, -0.05) is 91.5 Å². The number of ether oxygens (including phenoxy) is 1. The normalized spacial score (nSPS) is 11.6. The Kier molecular flexibility index (Phi) is 7.44. The Balaban J connectivity index is 1.61. The van der Waals surface area contributed by atoms with E-state index in [1.165, 1.54) is 18.9 Å². The Morgan fingerprint density at radius 2 is 1.56 bits per heavy atom. The molecular formula is C27H25N3O3S. The number of aromatic nitrogens is 2. The first kappa shape index (κ1) is 23.3. The Morgan fingerprint density at radius 3 is 2.21 bits per heavy atom. The van der Waals surface area contributed by atoms with Crippen molar-refractivity contribution in [1.82, 2.24) is 9.97 Å². The van der Waals surface area contributed by atoms with Crippen molar-refractivity contribution in [3.05, 3.63) is 90.5 Å². The molecule has 34 heavy (non-hydrogen) atoms. The maximum Gasteiger partial charge on any atom is 0.339 e. The van der Waals surface area contributed by atoms with E-state index in [4.69, 9.17) is 9.72 Å². The summed E-state index contributed by atoms with van der Waals surface area (Å²) in [4.78, 5) is 33.4. The van der Waals surface area contributed by atoms with Crippen molar-refractivity contribution in [2.45, 2.75) is 23.8 Å². The molecule has 1 unspecified atom stereocenters. The van der Waals surface area contributed by atoms with Crippen LogP contribution in [0.3, 0.4) is 0 Å². The van der Waals surface area contributed by atoms with E-state index >= 15 is 0 Å². The number of esters is 1. The number of hydrogen-bond acceptors (Lipinski definition) is 5. The molecular weight excluding hydrogens is 446 g/mol. The van der Waals surface area contributed by atoms with Gasteiger partial charge < -0.3 is 15.0 Å². The van der Waals surface area contributed by atoms with Crippen LogP contribution in [0.1, 0.15) is 23.7 Å². The predicted octanol–water partition coefficient (Wildman–Crippen LogP) is 6.04. The van der Waals surface area contributed by atoms with E-state index in [1.807, 2.05) is 67.6 Å². The van der Waals surface area contributed by atoms with Crippen LogP contribution in [0.15, 0.2) is 90.1 Å². The molecule has 4 rings (SSSR count). The molecule has 172 valence electrons. The van der Waals surface area contributed by atoms with Crippen molar-refractivity contribution in [3.8, 4) is 22.5 Å². The Bertz CT molecular complexity index is 1220. The van der Waals surface area contributed by atoms with Gasteiger partial charge in [0, 0.05) is 11.1 Å². The summed E-state index contributed by atoms with van der Waals surface area (Å²) in [6, 6.07) is 26.8. The molecule has 3 aromatic carbocycles. The number of anilines is 1. The number of benzene rings is 3. The van der Waals surface area contributed by atoms with Gasteiger partial charge in [0.15, 0.2) is 5.16 Å². The average Bonchev–Trinajstić information content (AvgIpc) is 3.32. The lowest BCUT2D eigenvalue weighted by atomic mass is 10.1. The fraction of sp³-hybridized carbons (Fsp3) is 0.148. The van der Waals surface area contributed by atoms with Crippen LogP contribution in [0.2, 0.25) is 0 Å². The first-order chi connectivity index (χ1) is 16.6. The van der Waals surface area contributed by atoms with Gasteiger partial charge >= 0.3 is 5.97 Å². The lowest BCUT2D eigenvalue weighted by Crippen LogP contribution is -2.25. The molecule has 0 saturated carbocycles. The Morgan fingerprint density at radius 1 is 0.941 bits per heavy atom. The Hall–Kier alpha value is -3.84. The highest BCUT2D eigenvalue weighted by atomic mass is 32.2. The fourth-order valence-electron chi connectivity index (χ4n) is 3.58. The molecule has 1 amide bonds. The molecule has 0 fully saturated rings. The standard InChI is InChI=1S/C27H25N3O3S/c1-3-22(25(31)28-21-17-11-10-16-20(21)26(32)33-2)34-27-29-23(18-12-6-4-7-13-18)24(30-27)19-14-8-5-9-15-19/h4-17,22H,3H2,1-2H3,(H,28,31)(H,29,30). The minimum absolute atomic E-state index is 0.206. The number of nitrogens with one attached hydrogen (secondary N) is 2. The van der Waals surface area contributed by atoms with Gasteiger partial charge in [0.25, 0.3) is 0 Å². The fourth-order valence-corrected chi connectivity index (χ4v) is 4.48. The molecule has 0 aliphatic carbocycles. The van der Waals surface area contributed by atoms with E-state index in [1.54, 1.807) is 24.3 Å². The van der Waals surface area contributed by atoms with Crippen LogP contribution in [0.4, 0.5) is 5.69 Å². The van der Waals surface area contributed by atoms with Crippen LogP contribution in [0, 0.1) is 0 Å². The zero-order chi connectivity index (χ0) is 23.9. The second-order valence-corrected chi connectivity index (χ2v) is 8.73. The highest BCUT2D eigenvalue weighted by Crippen LogP contribution is 2.34. The zero-order valence-corrected chi connectivity index (χ0v) is 19.8. The van der Waals surface area contributed by atoms with Crippen LogP contribution < -0.4 is 5.32 Å². The van der Waals surface area contributed by atoms with Crippen molar-refractivity contribution in [3.63, 3.8) is 0 Å². The van der Waals surface area contributed by atoms with Gasteiger partial charge in [0.05, 0.1) is 35.0 Å². The first-order valence-electron chi connectivity index (χ1n) is 11.0. The molecule has 1 heterocycles. The molecule has 0 radical (unpaired) electrons. The van der Waals surface area contributed by atoms with Crippen LogP contribution in [0.5, 0.6) is 0 Å². The number of carbonyl (C=O) groups is 2. The molecule has 0 saturated heterocycles. The van der Waals surface area contributed by atoms with E-state index in [2.05, 4.69) is 10.3 Å². The van der Waals surface area contributed by atoms with Gasteiger partial charge in [-0.3, -0.25) is 4.79 Å². The lowest BCUT2D eigenvalue weighted by molar-refractivity contribution is -0.115. The number of aromatic amines is 1. The summed E-state index contributed by atoms with van der Waals surface area (Å²) < 4.78 is 4.83. The smallest absolute Gasteiger partial charge is 0.339 e. The molecule has 0 bridgehead atoms. The van der Waals surface area contributed by atoms with Crippen LogP contribution in [0.25, 0.3) is 22.5 Å². The summed E-state index contributed by atoms with van der Waals surface area (Å²) in [5, 5.41) is 3.12. The van der Waals surface area contributed by atoms with Gasteiger partial charge in [-0.25, -0.2) is 9.78 Å². The summed E-state index contributed by atoms with van der Waals surface area (Å²) in [6.45, 7) is 1.95. The topological polar surface area (TPSA) is 84.1 Å². The number of thioether (sulfide) groups is 1. The first-order valence-corrected chi connectivity index (χ1v) is 11.8. The molecule has 0 aliphatic heterocycles. The number of nitrogens with zero attached hydrogens (tertiary/aromatic N) is 1. The average molecular weight is 472 g/mol. The number of amides is 1. The highest BCUT2D eigenvalue weighted by molar-refractivity contribution is 8.00. The van der Waals surface area contributed by atoms with Crippen LogP contribution >= 0.6 is 11.8 Å². The van der Waals surface area contributed by atoms with Gasteiger partial charge in [0.1, 0.15) is 0 Å². The highest BCUT2D eigenvalue weighted by Gasteiger charge is 2.23. The second-order valence-electron chi connectivity index (χ2n) is 7.54. The zero-order valence-electron chi connectivity index (χ0n) is 18.9. The monoisotopic (exact) mass is 471 g/mol. The maximum absolute atomic E-state index is 13.1. The number of rotatable bonds is 8. The third kappa shape index (κ3) is 5.21. The number of carbonyl (C=O) groups excluding carboxylic acids is 2. The van der Waals surface area contributed by atoms with E-state index in [-0.39, 0.29) is 5.91 Å². The quantitative estimate of drug-likeness (QED) is 0.242. The minimum atomic E-state index is -0.498. The molecule has 1 atom stereocenters. The molecule has 1 aromatic heterocycles. The van der Waals surface area contributed by atoms with Gasteiger partial charge in [-0.05, 0) is 18.6 Å². The molecule has 6 nitrogen and oxygen atoms in total. The third-order valence-corrected chi connectivity index (χ3v) is 6.55. The molecule has 7 heteroatoms. The number of H-pyrrole nitrogens is 1. The number of imidazole rings is 1. The lowest BCUT2D eigenvalue weighted by Gasteiger charge is -2.15. The van der Waals surface area contributed by atoms with Crippen molar-refractivity contribution in [2.24, 2.45) is 0 Å². The minimum Gasteiger partial charge on any atom is -0.465 e.